The molecule has 1 heterocycles. The first-order valence-electron chi connectivity index (χ1n) is 4.35. The summed E-state index contributed by atoms with van der Waals surface area (Å²) >= 11 is 12.3. The Morgan fingerprint density at radius 1 is 1.25 bits per heavy atom. The van der Waals surface area contributed by atoms with E-state index in [0.717, 1.165) is 0 Å². The molecule has 0 aromatic heterocycles. The Morgan fingerprint density at radius 3 is 1.75 bits per heavy atom. The second-order valence-electron chi connectivity index (χ2n) is 4.86. The minimum atomic E-state index is -0.633. The molecule has 3 heteroatoms. The molecule has 0 aromatic rings. The number of rotatable bonds is 1. The maximum atomic E-state index is 6.14. The zero-order valence-electron chi connectivity index (χ0n) is 8.36. The Hall–Kier alpha value is 0.540. The lowest BCUT2D eigenvalue weighted by atomic mass is 9.92. The Bertz CT molecular complexity index is 181. The standard InChI is InChI=1S/C9H17Cl2N/c1-6(2)12-7(8(3,4)5)9(12,10)11/h6-7H,1-5H3. The topological polar surface area (TPSA) is 3.01 Å². The van der Waals surface area contributed by atoms with E-state index in [9.17, 15) is 0 Å². The fourth-order valence-electron chi connectivity index (χ4n) is 1.84. The van der Waals surface area contributed by atoms with Crippen LogP contribution in [0.15, 0.2) is 0 Å². The van der Waals surface area contributed by atoms with Crippen LogP contribution in [0.4, 0.5) is 0 Å². The van der Waals surface area contributed by atoms with Gasteiger partial charge in [-0.05, 0) is 19.3 Å². The Balaban J connectivity index is 2.73. The number of hydrogen-bond acceptors (Lipinski definition) is 1. The van der Waals surface area contributed by atoms with Crippen LogP contribution in [0.3, 0.4) is 0 Å². The predicted octanol–water partition coefficient (Wildman–Crippen LogP) is 3.26. The lowest BCUT2D eigenvalue weighted by Crippen LogP contribution is -2.22. The van der Waals surface area contributed by atoms with Gasteiger partial charge < -0.3 is 0 Å². The third-order valence-electron chi connectivity index (χ3n) is 2.26. The predicted molar refractivity (Wildman–Crippen MR) is 54.7 cm³/mol. The van der Waals surface area contributed by atoms with Crippen molar-refractivity contribution in [3.63, 3.8) is 0 Å². The van der Waals surface area contributed by atoms with Crippen LogP contribution < -0.4 is 0 Å². The highest BCUT2D eigenvalue weighted by Crippen LogP contribution is 2.57. The van der Waals surface area contributed by atoms with Gasteiger partial charge in [-0.3, -0.25) is 4.90 Å². The van der Waals surface area contributed by atoms with Crippen LogP contribution in [-0.4, -0.2) is 21.4 Å². The summed E-state index contributed by atoms with van der Waals surface area (Å²) in [5, 5.41) is 0. The van der Waals surface area contributed by atoms with Crippen molar-refractivity contribution >= 4 is 23.2 Å². The first-order chi connectivity index (χ1) is 5.19. The zero-order chi connectivity index (χ0) is 9.73. The molecule has 12 heavy (non-hydrogen) atoms. The zero-order valence-corrected chi connectivity index (χ0v) is 9.87. The van der Waals surface area contributed by atoms with Crippen molar-refractivity contribution in [1.29, 1.82) is 0 Å². The van der Waals surface area contributed by atoms with Crippen molar-refractivity contribution in [3.05, 3.63) is 0 Å². The Kier molecular flexibility index (Phi) is 2.45. The van der Waals surface area contributed by atoms with Crippen LogP contribution in [0, 0.1) is 5.41 Å². The van der Waals surface area contributed by atoms with Crippen molar-refractivity contribution < 1.29 is 0 Å². The number of alkyl halides is 2. The fraction of sp³-hybridized carbons (Fsp3) is 1.00. The van der Waals surface area contributed by atoms with Crippen molar-refractivity contribution in [3.8, 4) is 0 Å². The molecule has 0 radical (unpaired) electrons. The molecule has 2 atom stereocenters. The van der Waals surface area contributed by atoms with Gasteiger partial charge in [0.1, 0.15) is 0 Å². The van der Waals surface area contributed by atoms with E-state index >= 15 is 0 Å². The summed E-state index contributed by atoms with van der Waals surface area (Å²) in [5.74, 6) is 0. The second-order valence-corrected chi connectivity index (χ2v) is 6.20. The van der Waals surface area contributed by atoms with E-state index < -0.39 is 4.46 Å². The molecule has 1 saturated heterocycles. The van der Waals surface area contributed by atoms with E-state index in [1.807, 2.05) is 0 Å². The lowest BCUT2D eigenvalue weighted by molar-refractivity contribution is 0.298. The van der Waals surface area contributed by atoms with Gasteiger partial charge in [-0.15, -0.1) is 0 Å². The molecule has 0 saturated carbocycles. The summed E-state index contributed by atoms with van der Waals surface area (Å²) in [4.78, 5) is 2.14. The van der Waals surface area contributed by atoms with E-state index in [1.54, 1.807) is 0 Å². The molecule has 1 aliphatic rings. The van der Waals surface area contributed by atoms with Crippen molar-refractivity contribution in [2.75, 3.05) is 0 Å². The summed E-state index contributed by atoms with van der Waals surface area (Å²) in [5.41, 5.74) is 0.160. The maximum Gasteiger partial charge on any atom is 0.188 e. The van der Waals surface area contributed by atoms with Gasteiger partial charge in [-0.1, -0.05) is 44.0 Å². The van der Waals surface area contributed by atoms with Gasteiger partial charge in [0.25, 0.3) is 0 Å². The highest BCUT2D eigenvalue weighted by molar-refractivity contribution is 6.51. The molecule has 0 aromatic carbocycles. The summed E-state index contributed by atoms with van der Waals surface area (Å²) in [7, 11) is 0. The summed E-state index contributed by atoms with van der Waals surface area (Å²) in [6.45, 7) is 10.7. The van der Waals surface area contributed by atoms with Gasteiger partial charge in [0.2, 0.25) is 0 Å². The van der Waals surface area contributed by atoms with Crippen LogP contribution in [-0.2, 0) is 0 Å². The van der Waals surface area contributed by atoms with E-state index in [-0.39, 0.29) is 11.5 Å². The maximum absolute atomic E-state index is 6.14. The molecule has 0 bridgehead atoms. The third kappa shape index (κ3) is 1.59. The van der Waals surface area contributed by atoms with Crippen LogP contribution in [0.5, 0.6) is 0 Å². The average Bonchev–Trinajstić information content (AvgIpc) is 2.31. The second kappa shape index (κ2) is 2.76. The first kappa shape index (κ1) is 10.6. The Morgan fingerprint density at radius 2 is 1.67 bits per heavy atom. The first-order valence-corrected chi connectivity index (χ1v) is 5.11. The largest absolute Gasteiger partial charge is 0.261 e. The average molecular weight is 210 g/mol. The molecule has 1 fully saturated rings. The quantitative estimate of drug-likeness (QED) is 0.364. The van der Waals surface area contributed by atoms with Gasteiger partial charge in [0.05, 0.1) is 6.04 Å². The Labute approximate surface area is 85.0 Å². The number of hydrogen-bond donors (Lipinski definition) is 0. The summed E-state index contributed by atoms with van der Waals surface area (Å²) < 4.78 is -0.633. The van der Waals surface area contributed by atoms with Crippen LogP contribution in [0.25, 0.3) is 0 Å². The smallest absolute Gasteiger partial charge is 0.188 e. The van der Waals surface area contributed by atoms with Gasteiger partial charge >= 0.3 is 0 Å². The van der Waals surface area contributed by atoms with E-state index in [1.165, 1.54) is 0 Å². The van der Waals surface area contributed by atoms with Gasteiger partial charge in [-0.2, -0.15) is 0 Å². The van der Waals surface area contributed by atoms with Gasteiger partial charge in [0.15, 0.2) is 4.46 Å². The molecule has 0 N–H and O–H groups in total. The number of halogens is 2. The lowest BCUT2D eigenvalue weighted by Gasteiger charge is -2.18. The highest BCUT2D eigenvalue weighted by atomic mass is 35.5. The SMILES string of the molecule is CC(C)N1C(C(C)(C)C)C1(Cl)Cl. The molecule has 0 aliphatic carbocycles. The molecule has 72 valence electrons. The minimum absolute atomic E-state index is 0.160. The summed E-state index contributed by atoms with van der Waals surface area (Å²) in [6.07, 6.45) is 0. The van der Waals surface area contributed by atoms with Crippen molar-refractivity contribution in [2.24, 2.45) is 5.41 Å². The summed E-state index contributed by atoms with van der Waals surface area (Å²) in [6, 6.07) is 0.706. The molecule has 0 amide bonds. The van der Waals surface area contributed by atoms with Crippen LogP contribution in [0.1, 0.15) is 34.6 Å². The van der Waals surface area contributed by atoms with Crippen molar-refractivity contribution in [1.82, 2.24) is 4.90 Å². The number of nitrogens with zero attached hydrogens (tertiary/aromatic N) is 1. The molecule has 2 unspecified atom stereocenters. The molecule has 0 spiro atoms. The highest BCUT2D eigenvalue weighted by Gasteiger charge is 2.66. The normalized spacial score (nSPS) is 34.0. The third-order valence-corrected chi connectivity index (χ3v) is 3.06. The van der Waals surface area contributed by atoms with Gasteiger partial charge in [0, 0.05) is 6.04 Å². The molecule has 1 aliphatic heterocycles. The molecule has 1 nitrogen and oxygen atoms in total. The van der Waals surface area contributed by atoms with Crippen molar-refractivity contribution in [2.45, 2.75) is 51.2 Å². The molecular weight excluding hydrogens is 193 g/mol. The molecular formula is C9H17Cl2N. The van der Waals surface area contributed by atoms with E-state index in [0.29, 0.717) is 6.04 Å². The van der Waals surface area contributed by atoms with E-state index in [2.05, 4.69) is 39.5 Å². The van der Waals surface area contributed by atoms with Crippen LogP contribution in [0.2, 0.25) is 0 Å². The monoisotopic (exact) mass is 209 g/mol. The molecule has 1 rings (SSSR count). The minimum Gasteiger partial charge on any atom is -0.261 e. The van der Waals surface area contributed by atoms with Gasteiger partial charge in [-0.25, -0.2) is 0 Å². The fourth-order valence-corrected chi connectivity index (χ4v) is 3.20. The van der Waals surface area contributed by atoms with Crippen LogP contribution >= 0.6 is 23.2 Å². The van der Waals surface area contributed by atoms with E-state index in [4.69, 9.17) is 23.2 Å².